The monoisotopic (exact) mass is 305 g/mol. The molecule has 0 aliphatic rings. The van der Waals surface area contributed by atoms with Crippen LogP contribution in [0, 0.1) is 0 Å². The largest absolute Gasteiger partial charge is 0.476 e. The summed E-state index contributed by atoms with van der Waals surface area (Å²) < 4.78 is 1.30. The van der Waals surface area contributed by atoms with Gasteiger partial charge in [0.15, 0.2) is 5.69 Å². The van der Waals surface area contributed by atoms with Gasteiger partial charge in [0.1, 0.15) is 5.52 Å². The zero-order valence-corrected chi connectivity index (χ0v) is 11.9. The maximum Gasteiger partial charge on any atom is 0.356 e. The van der Waals surface area contributed by atoms with Gasteiger partial charge in [0, 0.05) is 11.6 Å². The number of aromatic amines is 1. The molecule has 0 fully saturated rings. The first kappa shape index (κ1) is 13.3. The number of aromatic carboxylic acids is 1. The third-order valence-corrected chi connectivity index (χ3v) is 3.75. The Balaban J connectivity index is 1.93. The van der Waals surface area contributed by atoms with Crippen molar-refractivity contribution in [3.63, 3.8) is 0 Å². The number of fused-ring (bicyclic) bond motifs is 2. The van der Waals surface area contributed by atoms with Crippen LogP contribution in [0.25, 0.3) is 27.5 Å². The van der Waals surface area contributed by atoms with Gasteiger partial charge in [-0.1, -0.05) is 36.4 Å². The lowest BCUT2D eigenvalue weighted by Crippen LogP contribution is -2.10. The average Bonchev–Trinajstić information content (AvgIpc) is 2.99. The number of H-pyrrole nitrogens is 1. The van der Waals surface area contributed by atoms with E-state index in [1.54, 1.807) is 6.20 Å². The smallest absolute Gasteiger partial charge is 0.356 e. The molecule has 23 heavy (non-hydrogen) atoms. The number of hydrogen-bond acceptors (Lipinski definition) is 3. The summed E-state index contributed by atoms with van der Waals surface area (Å²) in [6.07, 6.45) is 1.62. The van der Waals surface area contributed by atoms with Crippen LogP contribution in [0.1, 0.15) is 10.5 Å². The second kappa shape index (κ2) is 4.81. The number of carboxylic acid groups (broad SMARTS) is 1. The van der Waals surface area contributed by atoms with Gasteiger partial charge >= 0.3 is 5.97 Å². The van der Waals surface area contributed by atoms with Crippen LogP contribution in [0.15, 0.2) is 59.5 Å². The van der Waals surface area contributed by atoms with Gasteiger partial charge in [0.2, 0.25) is 0 Å². The highest BCUT2D eigenvalue weighted by molar-refractivity contribution is 5.88. The molecular weight excluding hydrogens is 294 g/mol. The maximum atomic E-state index is 12.2. The van der Waals surface area contributed by atoms with Crippen molar-refractivity contribution in [2.24, 2.45) is 0 Å². The minimum absolute atomic E-state index is 0.161. The fraction of sp³-hybridized carbons (Fsp3) is 0. The van der Waals surface area contributed by atoms with E-state index in [1.807, 2.05) is 42.5 Å². The van der Waals surface area contributed by atoms with Gasteiger partial charge in [0.05, 0.1) is 11.9 Å². The molecule has 0 spiro atoms. The van der Waals surface area contributed by atoms with Gasteiger partial charge in [-0.2, -0.15) is 5.10 Å². The summed E-state index contributed by atoms with van der Waals surface area (Å²) >= 11 is 0. The molecule has 6 nitrogen and oxygen atoms in total. The van der Waals surface area contributed by atoms with Crippen molar-refractivity contribution in [3.05, 3.63) is 70.8 Å². The molecule has 2 heterocycles. The number of nitrogens with zero attached hydrogens (tertiary/aromatic N) is 2. The Bertz CT molecular complexity index is 1120. The molecule has 112 valence electrons. The lowest BCUT2D eigenvalue weighted by Gasteiger charge is -2.04. The average molecular weight is 305 g/mol. The van der Waals surface area contributed by atoms with Crippen molar-refractivity contribution in [2.75, 3.05) is 0 Å². The minimum Gasteiger partial charge on any atom is -0.476 e. The quantitative estimate of drug-likeness (QED) is 0.596. The molecule has 4 rings (SSSR count). The maximum absolute atomic E-state index is 12.2. The number of hydrogen-bond donors (Lipinski definition) is 2. The number of carbonyl (C=O) groups is 1. The molecule has 6 heteroatoms. The van der Waals surface area contributed by atoms with Crippen molar-refractivity contribution < 1.29 is 9.90 Å². The van der Waals surface area contributed by atoms with Crippen LogP contribution in [-0.4, -0.2) is 25.7 Å². The molecule has 4 aromatic rings. The number of carboxylic acids is 1. The van der Waals surface area contributed by atoms with Crippen LogP contribution in [0.4, 0.5) is 0 Å². The van der Waals surface area contributed by atoms with Crippen LogP contribution in [0.5, 0.6) is 0 Å². The zero-order chi connectivity index (χ0) is 16.0. The third-order valence-electron chi connectivity index (χ3n) is 3.75. The van der Waals surface area contributed by atoms with Crippen molar-refractivity contribution in [1.29, 1.82) is 0 Å². The highest BCUT2D eigenvalue weighted by Crippen LogP contribution is 2.22. The highest BCUT2D eigenvalue weighted by Gasteiger charge is 2.12. The SMILES string of the molecule is O=C(O)c1cc2c(=O)[nH]c(-c3ccc4ccccc4c3)cn2n1. The van der Waals surface area contributed by atoms with Crippen LogP contribution < -0.4 is 5.56 Å². The Morgan fingerprint density at radius 1 is 1.09 bits per heavy atom. The van der Waals surface area contributed by atoms with Gasteiger partial charge < -0.3 is 10.1 Å². The van der Waals surface area contributed by atoms with Crippen molar-refractivity contribution >= 4 is 22.3 Å². The lowest BCUT2D eigenvalue weighted by atomic mass is 10.1. The summed E-state index contributed by atoms with van der Waals surface area (Å²) in [7, 11) is 0. The molecule has 0 aliphatic carbocycles. The van der Waals surface area contributed by atoms with E-state index in [0.29, 0.717) is 5.69 Å². The van der Waals surface area contributed by atoms with Gasteiger partial charge in [-0.15, -0.1) is 0 Å². The highest BCUT2D eigenvalue weighted by atomic mass is 16.4. The first-order valence-corrected chi connectivity index (χ1v) is 6.97. The summed E-state index contributed by atoms with van der Waals surface area (Å²) in [6.45, 7) is 0. The van der Waals surface area contributed by atoms with Crippen LogP contribution in [0.3, 0.4) is 0 Å². The fourth-order valence-electron chi connectivity index (χ4n) is 2.61. The first-order valence-electron chi connectivity index (χ1n) is 6.97. The molecule has 0 bridgehead atoms. The second-order valence-electron chi connectivity index (χ2n) is 5.22. The van der Waals surface area contributed by atoms with E-state index in [-0.39, 0.29) is 16.8 Å². The van der Waals surface area contributed by atoms with Crippen molar-refractivity contribution in [1.82, 2.24) is 14.6 Å². The molecule has 0 atom stereocenters. The van der Waals surface area contributed by atoms with E-state index < -0.39 is 5.97 Å². The molecule has 2 N–H and O–H groups in total. The first-order chi connectivity index (χ1) is 11.1. The molecule has 0 aliphatic heterocycles. The molecule has 0 unspecified atom stereocenters. The van der Waals surface area contributed by atoms with Gasteiger partial charge in [-0.05, 0) is 16.8 Å². The van der Waals surface area contributed by atoms with E-state index in [4.69, 9.17) is 5.11 Å². The Kier molecular flexibility index (Phi) is 2.77. The van der Waals surface area contributed by atoms with Crippen molar-refractivity contribution in [2.45, 2.75) is 0 Å². The Morgan fingerprint density at radius 2 is 1.87 bits per heavy atom. The van der Waals surface area contributed by atoms with E-state index in [9.17, 15) is 9.59 Å². The van der Waals surface area contributed by atoms with Gasteiger partial charge in [-0.25, -0.2) is 9.31 Å². The van der Waals surface area contributed by atoms with Crippen LogP contribution in [-0.2, 0) is 0 Å². The molecular formula is C17H11N3O3. The lowest BCUT2D eigenvalue weighted by molar-refractivity contribution is 0.0690. The predicted molar refractivity (Wildman–Crippen MR) is 85.7 cm³/mol. The zero-order valence-electron chi connectivity index (χ0n) is 11.9. The number of rotatable bonds is 2. The summed E-state index contributed by atoms with van der Waals surface area (Å²) in [6, 6.07) is 15.0. The summed E-state index contributed by atoms with van der Waals surface area (Å²) in [5.74, 6) is -1.17. The van der Waals surface area contributed by atoms with Gasteiger partial charge in [0.25, 0.3) is 5.56 Å². The Morgan fingerprint density at radius 3 is 2.65 bits per heavy atom. The molecule has 0 amide bonds. The van der Waals surface area contributed by atoms with E-state index in [1.165, 1.54) is 10.6 Å². The molecule has 0 saturated heterocycles. The summed E-state index contributed by atoms with van der Waals surface area (Å²) in [5.41, 5.74) is 1.07. The predicted octanol–water partition coefficient (Wildman–Crippen LogP) is 2.54. The third kappa shape index (κ3) is 2.17. The van der Waals surface area contributed by atoms with Crippen LogP contribution >= 0.6 is 0 Å². The molecule has 0 saturated carbocycles. The van der Waals surface area contributed by atoms with Crippen molar-refractivity contribution in [3.8, 4) is 11.3 Å². The van der Waals surface area contributed by atoms with E-state index in [0.717, 1.165) is 16.3 Å². The van der Waals surface area contributed by atoms with Gasteiger partial charge in [-0.3, -0.25) is 4.79 Å². The Labute approximate surface area is 129 Å². The van der Waals surface area contributed by atoms with E-state index in [2.05, 4.69) is 10.1 Å². The standard InChI is InChI=1S/C17H11N3O3/c21-16-15-8-13(17(22)23)19-20(15)9-14(18-16)12-6-5-10-3-1-2-4-11(10)7-12/h1-9H,(H,18,21)(H,22,23). The number of nitrogens with one attached hydrogen (secondary N) is 1. The molecule has 2 aromatic carbocycles. The Hall–Kier alpha value is -3.41. The minimum atomic E-state index is -1.17. The fourth-order valence-corrected chi connectivity index (χ4v) is 2.61. The van der Waals surface area contributed by atoms with Crippen LogP contribution in [0.2, 0.25) is 0 Å². The number of benzene rings is 2. The summed E-state index contributed by atoms with van der Waals surface area (Å²) in [4.78, 5) is 25.9. The second-order valence-corrected chi connectivity index (χ2v) is 5.22. The molecule has 2 aromatic heterocycles. The normalized spacial score (nSPS) is 11.1. The summed E-state index contributed by atoms with van der Waals surface area (Å²) in [5, 5.41) is 15.1. The number of aromatic nitrogens is 3. The van der Waals surface area contributed by atoms with E-state index >= 15 is 0 Å². The molecule has 0 radical (unpaired) electrons. The topological polar surface area (TPSA) is 87.5 Å².